The Balaban J connectivity index is 2.93. The average Bonchev–Trinajstić information content (AvgIpc) is 2.79. The van der Waals surface area contributed by atoms with E-state index in [0.29, 0.717) is 5.56 Å². The molecule has 1 aromatic rings. The minimum atomic E-state index is -1.43. The van der Waals surface area contributed by atoms with E-state index >= 15 is 0 Å². The third kappa shape index (κ3) is 10.9. The Bertz CT molecular complexity index is 930. The summed E-state index contributed by atoms with van der Waals surface area (Å²) in [7, 11) is 0. The maximum absolute atomic E-state index is 12.8. The minimum Gasteiger partial charge on any atom is -0.481 e. The number of nitrogens with two attached hydrogens (primary N) is 2. The molecule has 9 N–H and O–H groups in total. The molecule has 14 heteroatoms. The largest absolute Gasteiger partial charge is 0.481 e. The predicted molar refractivity (Wildman–Crippen MR) is 126 cm³/mol. The van der Waals surface area contributed by atoms with Crippen LogP contribution in [-0.4, -0.2) is 75.7 Å². The second-order valence-electron chi connectivity index (χ2n) is 7.60. The molecule has 0 radical (unpaired) electrons. The molecule has 0 bridgehead atoms. The van der Waals surface area contributed by atoms with Gasteiger partial charge < -0.3 is 37.6 Å². The van der Waals surface area contributed by atoms with Crippen molar-refractivity contribution in [1.29, 1.82) is 0 Å². The number of amides is 4. The van der Waals surface area contributed by atoms with Gasteiger partial charge in [-0.2, -0.15) is 12.6 Å². The highest BCUT2D eigenvalue weighted by Gasteiger charge is 2.30. The first-order valence-corrected chi connectivity index (χ1v) is 11.1. The van der Waals surface area contributed by atoms with Crippen molar-refractivity contribution >= 4 is 48.2 Å². The lowest BCUT2D eigenvalue weighted by Gasteiger charge is -2.24. The molecule has 192 valence electrons. The molecule has 13 nitrogen and oxygen atoms in total. The Morgan fingerprint density at radius 3 is 1.91 bits per heavy atom. The van der Waals surface area contributed by atoms with E-state index in [2.05, 4.69) is 28.6 Å². The highest BCUT2D eigenvalue weighted by Crippen LogP contribution is 2.06. The Kier molecular flexibility index (Phi) is 12.2. The second kappa shape index (κ2) is 14.6. The van der Waals surface area contributed by atoms with Crippen molar-refractivity contribution in [2.45, 2.75) is 49.9 Å². The number of carboxylic acid groups (broad SMARTS) is 2. The van der Waals surface area contributed by atoms with Crippen molar-refractivity contribution < 1.29 is 39.0 Å². The van der Waals surface area contributed by atoms with Gasteiger partial charge in [-0.1, -0.05) is 30.3 Å². The van der Waals surface area contributed by atoms with Crippen LogP contribution in [-0.2, 0) is 35.2 Å². The van der Waals surface area contributed by atoms with Crippen LogP contribution in [0.2, 0.25) is 0 Å². The van der Waals surface area contributed by atoms with Crippen molar-refractivity contribution in [2.75, 3.05) is 5.75 Å². The Morgan fingerprint density at radius 1 is 0.857 bits per heavy atom. The standard InChI is InChI=1S/C21H29N5O8S/c22-12(9-17(28)29)18(30)26-15(10-35)20(32)24-13(6-7-16(23)27)19(31)25-14(21(33)34)8-11-4-2-1-3-5-11/h1-5,12-15,35H,6-10,22H2,(H2,23,27)(H,24,32)(H,25,31)(H,26,30)(H,28,29)(H,33,34). The van der Waals surface area contributed by atoms with Gasteiger partial charge in [0.25, 0.3) is 0 Å². The molecule has 1 aromatic carbocycles. The number of nitrogens with one attached hydrogen (secondary N) is 3. The molecule has 0 saturated heterocycles. The smallest absolute Gasteiger partial charge is 0.326 e. The van der Waals surface area contributed by atoms with Crippen LogP contribution in [0, 0.1) is 0 Å². The molecule has 0 spiro atoms. The monoisotopic (exact) mass is 511 g/mol. The molecule has 0 aliphatic rings. The number of rotatable bonds is 15. The van der Waals surface area contributed by atoms with Gasteiger partial charge >= 0.3 is 11.9 Å². The Hall–Kier alpha value is -3.65. The van der Waals surface area contributed by atoms with Gasteiger partial charge in [0.1, 0.15) is 18.1 Å². The lowest BCUT2D eigenvalue weighted by molar-refractivity contribution is -0.142. The van der Waals surface area contributed by atoms with E-state index in [4.69, 9.17) is 16.6 Å². The normalized spacial score (nSPS) is 14.0. The summed E-state index contributed by atoms with van der Waals surface area (Å²) in [4.78, 5) is 71.2. The highest BCUT2D eigenvalue weighted by molar-refractivity contribution is 7.80. The number of thiol groups is 1. The van der Waals surface area contributed by atoms with Crippen LogP contribution in [0.15, 0.2) is 30.3 Å². The molecule has 0 aliphatic carbocycles. The predicted octanol–water partition coefficient (Wildman–Crippen LogP) is -2.23. The third-order valence-electron chi connectivity index (χ3n) is 4.76. The van der Waals surface area contributed by atoms with Gasteiger partial charge in [-0.25, -0.2) is 4.79 Å². The first kappa shape index (κ1) is 29.4. The number of carboxylic acids is 2. The molecule has 1 rings (SSSR count). The van der Waals surface area contributed by atoms with Crippen molar-refractivity contribution in [1.82, 2.24) is 16.0 Å². The first-order valence-electron chi connectivity index (χ1n) is 10.5. The van der Waals surface area contributed by atoms with E-state index in [1.54, 1.807) is 30.3 Å². The topological polar surface area (TPSA) is 231 Å². The lowest BCUT2D eigenvalue weighted by Crippen LogP contribution is -2.58. The fourth-order valence-electron chi connectivity index (χ4n) is 2.90. The van der Waals surface area contributed by atoms with Crippen LogP contribution in [0.3, 0.4) is 0 Å². The van der Waals surface area contributed by atoms with Crippen LogP contribution in [0.1, 0.15) is 24.8 Å². The van der Waals surface area contributed by atoms with Crippen molar-refractivity contribution in [2.24, 2.45) is 11.5 Å². The number of primary amides is 1. The van der Waals surface area contributed by atoms with E-state index in [0.717, 1.165) is 0 Å². The summed E-state index contributed by atoms with van der Waals surface area (Å²) < 4.78 is 0. The molecular formula is C21H29N5O8S. The quantitative estimate of drug-likeness (QED) is 0.119. The molecule has 0 fully saturated rings. The molecule has 0 heterocycles. The minimum absolute atomic E-state index is 0.0326. The summed E-state index contributed by atoms with van der Waals surface area (Å²) in [6.45, 7) is 0. The van der Waals surface area contributed by atoms with Crippen LogP contribution in [0.25, 0.3) is 0 Å². The van der Waals surface area contributed by atoms with Crippen LogP contribution in [0.5, 0.6) is 0 Å². The Morgan fingerprint density at radius 2 is 1.40 bits per heavy atom. The summed E-state index contributed by atoms with van der Waals surface area (Å²) in [6.07, 6.45) is -1.24. The summed E-state index contributed by atoms with van der Waals surface area (Å²) in [6, 6.07) is 3.12. The SMILES string of the molecule is NC(=O)CCC(NC(=O)C(CS)NC(=O)C(N)CC(=O)O)C(=O)NC(Cc1ccccc1)C(=O)O. The van der Waals surface area contributed by atoms with E-state index in [1.165, 1.54) is 0 Å². The molecule has 4 amide bonds. The van der Waals surface area contributed by atoms with Gasteiger partial charge in [0, 0.05) is 18.6 Å². The number of carbonyl (C=O) groups is 6. The number of benzene rings is 1. The molecule has 4 unspecified atom stereocenters. The number of hydrogen-bond donors (Lipinski definition) is 8. The zero-order valence-corrected chi connectivity index (χ0v) is 19.6. The van der Waals surface area contributed by atoms with Gasteiger partial charge in [0.05, 0.1) is 12.5 Å². The summed E-state index contributed by atoms with van der Waals surface area (Å²) >= 11 is 3.98. The van der Waals surface area contributed by atoms with Crippen molar-refractivity contribution in [3.05, 3.63) is 35.9 Å². The summed E-state index contributed by atoms with van der Waals surface area (Å²) in [5.74, 6) is -6.29. The first-order chi connectivity index (χ1) is 16.4. The van der Waals surface area contributed by atoms with E-state index in [1.807, 2.05) is 0 Å². The number of aliphatic carboxylic acids is 2. The molecule has 35 heavy (non-hydrogen) atoms. The molecule has 0 aliphatic heterocycles. The Labute approximate surface area is 206 Å². The van der Waals surface area contributed by atoms with Gasteiger partial charge in [-0.05, 0) is 12.0 Å². The van der Waals surface area contributed by atoms with Crippen LogP contribution in [0.4, 0.5) is 0 Å². The molecule has 0 aromatic heterocycles. The van der Waals surface area contributed by atoms with Crippen LogP contribution < -0.4 is 27.4 Å². The van der Waals surface area contributed by atoms with Gasteiger partial charge in [0.15, 0.2) is 0 Å². The summed E-state index contributed by atoms with van der Waals surface area (Å²) in [5, 5.41) is 25.2. The third-order valence-corrected chi connectivity index (χ3v) is 5.12. The zero-order valence-electron chi connectivity index (χ0n) is 18.7. The lowest BCUT2D eigenvalue weighted by atomic mass is 10.0. The van der Waals surface area contributed by atoms with Crippen LogP contribution >= 0.6 is 12.6 Å². The molecule has 0 saturated carbocycles. The molecular weight excluding hydrogens is 482 g/mol. The van der Waals surface area contributed by atoms with E-state index < -0.39 is 66.2 Å². The van der Waals surface area contributed by atoms with Crippen molar-refractivity contribution in [3.63, 3.8) is 0 Å². The van der Waals surface area contributed by atoms with E-state index in [-0.39, 0.29) is 25.0 Å². The molecule has 4 atom stereocenters. The zero-order chi connectivity index (χ0) is 26.5. The number of carbonyl (C=O) groups excluding carboxylic acids is 4. The fourth-order valence-corrected chi connectivity index (χ4v) is 3.16. The maximum atomic E-state index is 12.8. The van der Waals surface area contributed by atoms with Gasteiger partial charge in [-0.15, -0.1) is 0 Å². The highest BCUT2D eigenvalue weighted by atomic mass is 32.1. The maximum Gasteiger partial charge on any atom is 0.326 e. The van der Waals surface area contributed by atoms with E-state index in [9.17, 15) is 33.9 Å². The second-order valence-corrected chi connectivity index (χ2v) is 7.97. The van der Waals surface area contributed by atoms with Gasteiger partial charge in [0.2, 0.25) is 23.6 Å². The van der Waals surface area contributed by atoms with Crippen molar-refractivity contribution in [3.8, 4) is 0 Å². The number of hydrogen-bond acceptors (Lipinski definition) is 8. The van der Waals surface area contributed by atoms with Gasteiger partial charge in [-0.3, -0.25) is 24.0 Å². The summed E-state index contributed by atoms with van der Waals surface area (Å²) in [5.41, 5.74) is 11.3. The fraction of sp³-hybridized carbons (Fsp3) is 0.429. The average molecular weight is 512 g/mol.